The van der Waals surface area contributed by atoms with Crippen molar-refractivity contribution in [3.05, 3.63) is 53.3 Å². The summed E-state index contributed by atoms with van der Waals surface area (Å²) < 4.78 is 0. The monoisotopic (exact) mass is 238 g/mol. The van der Waals surface area contributed by atoms with E-state index in [2.05, 4.69) is 17.2 Å². The summed E-state index contributed by atoms with van der Waals surface area (Å²) in [5.41, 5.74) is 5.43. The lowest BCUT2D eigenvalue weighted by molar-refractivity contribution is 0.0946. The number of carbonyl (C=O) groups excluding carboxylic acids is 1. The molecule has 1 N–H and O–H groups in total. The molecule has 1 aliphatic heterocycles. The molecule has 18 heavy (non-hydrogen) atoms. The molecule has 0 fully saturated rings. The molecule has 2 aromatic rings. The van der Waals surface area contributed by atoms with Crippen LogP contribution in [-0.2, 0) is 6.42 Å². The molecule has 0 bridgehead atoms. The number of hydrogen-bond acceptors (Lipinski definition) is 2. The van der Waals surface area contributed by atoms with Gasteiger partial charge >= 0.3 is 0 Å². The maximum absolute atomic E-state index is 11.8. The Bertz CT molecular complexity index is 605. The number of fused-ring (bicyclic) bond motifs is 1. The third-order valence-electron chi connectivity index (χ3n) is 3.48. The summed E-state index contributed by atoms with van der Waals surface area (Å²) in [5.74, 6) is 0.0390. The van der Waals surface area contributed by atoms with E-state index in [-0.39, 0.29) is 5.91 Å². The van der Waals surface area contributed by atoms with Crippen LogP contribution in [0.1, 0.15) is 21.5 Å². The highest BCUT2D eigenvalue weighted by molar-refractivity contribution is 5.98. The van der Waals surface area contributed by atoms with Crippen LogP contribution in [0.4, 0.5) is 0 Å². The summed E-state index contributed by atoms with van der Waals surface area (Å²) in [5, 5.41) is 2.87. The van der Waals surface area contributed by atoms with Crippen LogP contribution in [0.3, 0.4) is 0 Å². The molecule has 3 rings (SSSR count). The van der Waals surface area contributed by atoms with Crippen molar-refractivity contribution >= 4 is 5.91 Å². The van der Waals surface area contributed by atoms with Crippen molar-refractivity contribution in [2.45, 2.75) is 13.3 Å². The van der Waals surface area contributed by atoms with E-state index in [9.17, 15) is 4.79 Å². The van der Waals surface area contributed by atoms with Crippen LogP contribution in [-0.4, -0.2) is 17.4 Å². The lowest BCUT2D eigenvalue weighted by Gasteiger charge is -2.20. The van der Waals surface area contributed by atoms with Crippen LogP contribution in [0.5, 0.6) is 0 Å². The number of hydrogen-bond donors (Lipinski definition) is 1. The highest BCUT2D eigenvalue weighted by atomic mass is 16.1. The molecule has 0 saturated carbocycles. The quantitative estimate of drug-likeness (QED) is 0.828. The van der Waals surface area contributed by atoms with Gasteiger partial charge in [-0.3, -0.25) is 9.78 Å². The summed E-state index contributed by atoms with van der Waals surface area (Å²) in [6.07, 6.45) is 4.53. The van der Waals surface area contributed by atoms with Gasteiger partial charge in [0, 0.05) is 30.1 Å². The van der Waals surface area contributed by atoms with E-state index < -0.39 is 0 Å². The van der Waals surface area contributed by atoms with Gasteiger partial charge in [-0.15, -0.1) is 0 Å². The van der Waals surface area contributed by atoms with E-state index in [1.54, 1.807) is 6.20 Å². The number of aromatic nitrogens is 1. The van der Waals surface area contributed by atoms with Crippen LogP contribution < -0.4 is 5.32 Å². The molecular formula is C15H14N2O. The molecule has 2 heterocycles. The Balaban J connectivity index is 2.17. The van der Waals surface area contributed by atoms with E-state index in [4.69, 9.17) is 0 Å². The van der Waals surface area contributed by atoms with Gasteiger partial charge in [-0.2, -0.15) is 0 Å². The zero-order valence-corrected chi connectivity index (χ0v) is 10.2. The number of amides is 1. The molecule has 0 atom stereocenters. The third kappa shape index (κ3) is 1.68. The Kier molecular flexibility index (Phi) is 2.59. The van der Waals surface area contributed by atoms with E-state index in [0.717, 1.165) is 29.7 Å². The first-order valence-electron chi connectivity index (χ1n) is 6.08. The number of nitrogens with zero attached hydrogens (tertiary/aromatic N) is 1. The predicted molar refractivity (Wildman–Crippen MR) is 70.4 cm³/mol. The normalized spacial score (nSPS) is 13.9. The summed E-state index contributed by atoms with van der Waals surface area (Å²) in [7, 11) is 0. The molecule has 0 aliphatic carbocycles. The molecule has 1 aromatic heterocycles. The molecule has 90 valence electrons. The lowest BCUT2D eigenvalue weighted by atomic mass is 9.90. The predicted octanol–water partition coefficient (Wildman–Crippen LogP) is 2.34. The molecule has 3 nitrogen and oxygen atoms in total. The minimum Gasteiger partial charge on any atom is -0.352 e. The van der Waals surface area contributed by atoms with Gasteiger partial charge in [-0.1, -0.05) is 12.1 Å². The van der Waals surface area contributed by atoms with Crippen molar-refractivity contribution in [1.82, 2.24) is 10.3 Å². The van der Waals surface area contributed by atoms with Crippen LogP contribution in [0, 0.1) is 6.92 Å². The first kappa shape index (κ1) is 11.0. The van der Waals surface area contributed by atoms with Crippen LogP contribution >= 0.6 is 0 Å². The molecule has 0 spiro atoms. The van der Waals surface area contributed by atoms with Crippen LogP contribution in [0.15, 0.2) is 36.7 Å². The topological polar surface area (TPSA) is 42.0 Å². The van der Waals surface area contributed by atoms with Crippen molar-refractivity contribution in [3.8, 4) is 11.1 Å². The second kappa shape index (κ2) is 4.26. The molecule has 3 heteroatoms. The first-order chi connectivity index (χ1) is 8.77. The zero-order valence-electron chi connectivity index (χ0n) is 10.2. The third-order valence-corrected chi connectivity index (χ3v) is 3.48. The Morgan fingerprint density at radius 1 is 1.22 bits per heavy atom. The Morgan fingerprint density at radius 3 is 2.83 bits per heavy atom. The minimum absolute atomic E-state index is 0.0390. The fourth-order valence-electron chi connectivity index (χ4n) is 2.52. The van der Waals surface area contributed by atoms with Gasteiger partial charge in [-0.05, 0) is 42.2 Å². The lowest BCUT2D eigenvalue weighted by Crippen LogP contribution is -2.32. The van der Waals surface area contributed by atoms with Gasteiger partial charge in [0.25, 0.3) is 5.91 Å². The number of benzene rings is 1. The molecule has 1 aromatic carbocycles. The second-order valence-corrected chi connectivity index (χ2v) is 4.51. The van der Waals surface area contributed by atoms with Crippen LogP contribution in [0.25, 0.3) is 11.1 Å². The van der Waals surface area contributed by atoms with Gasteiger partial charge in [0.1, 0.15) is 0 Å². The van der Waals surface area contributed by atoms with Crippen molar-refractivity contribution in [3.63, 3.8) is 0 Å². The summed E-state index contributed by atoms with van der Waals surface area (Å²) in [6.45, 7) is 2.81. The molecule has 1 amide bonds. The number of pyridine rings is 1. The maximum atomic E-state index is 11.8. The minimum atomic E-state index is 0.0390. The van der Waals surface area contributed by atoms with Gasteiger partial charge in [0.05, 0.1) is 0 Å². The molecule has 0 saturated heterocycles. The zero-order chi connectivity index (χ0) is 12.5. The van der Waals surface area contributed by atoms with E-state index in [1.165, 1.54) is 11.1 Å². The van der Waals surface area contributed by atoms with Crippen molar-refractivity contribution in [1.29, 1.82) is 0 Å². The van der Waals surface area contributed by atoms with Gasteiger partial charge in [0.15, 0.2) is 0 Å². The highest BCUT2D eigenvalue weighted by Crippen LogP contribution is 2.28. The number of rotatable bonds is 1. The first-order valence-corrected chi connectivity index (χ1v) is 6.08. The van der Waals surface area contributed by atoms with Gasteiger partial charge in [-0.25, -0.2) is 0 Å². The standard InChI is InChI=1S/C15H14N2O/c1-10-12(11-3-2-7-16-9-11)4-5-14-13(10)6-8-17-15(14)18/h2-5,7,9H,6,8H2,1H3,(H,17,18). The molecular weight excluding hydrogens is 224 g/mol. The number of nitrogens with one attached hydrogen (secondary N) is 1. The average molecular weight is 238 g/mol. The maximum Gasteiger partial charge on any atom is 0.251 e. The molecule has 0 unspecified atom stereocenters. The highest BCUT2D eigenvalue weighted by Gasteiger charge is 2.19. The van der Waals surface area contributed by atoms with Gasteiger partial charge in [0.2, 0.25) is 0 Å². The summed E-state index contributed by atoms with van der Waals surface area (Å²) >= 11 is 0. The summed E-state index contributed by atoms with van der Waals surface area (Å²) in [6, 6.07) is 7.90. The van der Waals surface area contributed by atoms with Gasteiger partial charge < -0.3 is 5.32 Å². The van der Waals surface area contributed by atoms with E-state index in [0.29, 0.717) is 0 Å². The molecule has 0 radical (unpaired) electrons. The van der Waals surface area contributed by atoms with Crippen molar-refractivity contribution < 1.29 is 4.79 Å². The number of carbonyl (C=O) groups is 1. The Hall–Kier alpha value is -2.16. The Labute approximate surface area is 106 Å². The van der Waals surface area contributed by atoms with Crippen molar-refractivity contribution in [2.75, 3.05) is 6.54 Å². The molecule has 1 aliphatic rings. The Morgan fingerprint density at radius 2 is 2.06 bits per heavy atom. The van der Waals surface area contributed by atoms with Crippen LogP contribution in [0.2, 0.25) is 0 Å². The van der Waals surface area contributed by atoms with E-state index in [1.807, 2.05) is 30.5 Å². The second-order valence-electron chi connectivity index (χ2n) is 4.51. The van der Waals surface area contributed by atoms with E-state index >= 15 is 0 Å². The van der Waals surface area contributed by atoms with Crippen molar-refractivity contribution in [2.24, 2.45) is 0 Å². The SMILES string of the molecule is Cc1c(-c2cccnc2)ccc2c1CCNC2=O. The fourth-order valence-corrected chi connectivity index (χ4v) is 2.52. The smallest absolute Gasteiger partial charge is 0.251 e. The fraction of sp³-hybridized carbons (Fsp3) is 0.200. The summed E-state index contributed by atoms with van der Waals surface area (Å²) in [4.78, 5) is 15.9. The largest absolute Gasteiger partial charge is 0.352 e. The average Bonchev–Trinajstić information content (AvgIpc) is 2.41.